The molecule has 164 valence electrons. The highest BCUT2D eigenvalue weighted by molar-refractivity contribution is 5.99. The van der Waals surface area contributed by atoms with Crippen LogP contribution in [0.4, 0.5) is 21.7 Å². The lowest BCUT2D eigenvalue weighted by Gasteiger charge is -2.21. The maximum Gasteiger partial charge on any atom is 0.252 e. The number of amides is 1. The van der Waals surface area contributed by atoms with Gasteiger partial charge in [0.1, 0.15) is 11.6 Å². The summed E-state index contributed by atoms with van der Waals surface area (Å²) in [6.45, 7) is 4.42. The summed E-state index contributed by atoms with van der Waals surface area (Å²) >= 11 is 0. The van der Waals surface area contributed by atoms with E-state index in [1.54, 1.807) is 13.3 Å². The number of primary amides is 1. The van der Waals surface area contributed by atoms with Gasteiger partial charge >= 0.3 is 0 Å². The van der Waals surface area contributed by atoms with Crippen molar-refractivity contribution in [2.24, 2.45) is 17.4 Å². The summed E-state index contributed by atoms with van der Waals surface area (Å²) in [5.74, 6) is -0.294. The van der Waals surface area contributed by atoms with E-state index in [-0.39, 0.29) is 23.2 Å². The lowest BCUT2D eigenvalue weighted by Crippen LogP contribution is -2.31. The van der Waals surface area contributed by atoms with E-state index in [1.807, 2.05) is 24.3 Å². The molecular formula is C22H27FN6O2. The summed E-state index contributed by atoms with van der Waals surface area (Å²) < 4.78 is 19.9. The van der Waals surface area contributed by atoms with Crippen molar-refractivity contribution in [1.82, 2.24) is 9.97 Å². The first-order valence-corrected chi connectivity index (χ1v) is 9.98. The first-order valence-electron chi connectivity index (χ1n) is 9.98. The molecular weight excluding hydrogens is 399 g/mol. The Morgan fingerprint density at radius 2 is 2.00 bits per heavy atom. The fraction of sp³-hybridized carbons (Fsp3) is 0.318. The second-order valence-electron chi connectivity index (χ2n) is 7.69. The summed E-state index contributed by atoms with van der Waals surface area (Å²) in [4.78, 5) is 20.6. The average molecular weight is 426 g/mol. The zero-order chi connectivity index (χ0) is 22.5. The van der Waals surface area contributed by atoms with Gasteiger partial charge in [0, 0.05) is 18.0 Å². The molecule has 0 fully saturated rings. The van der Waals surface area contributed by atoms with Crippen molar-refractivity contribution >= 4 is 34.1 Å². The van der Waals surface area contributed by atoms with Crippen LogP contribution in [0.15, 0.2) is 36.5 Å². The largest absolute Gasteiger partial charge is 0.497 e. The molecule has 0 saturated carbocycles. The quantitative estimate of drug-likeness (QED) is 0.413. The molecule has 0 aliphatic carbocycles. The highest BCUT2D eigenvalue weighted by Crippen LogP contribution is 2.27. The number of ether oxygens (including phenoxy) is 1. The number of carbonyl (C=O) groups excluding carboxylic acids is 1. The second kappa shape index (κ2) is 9.57. The summed E-state index contributed by atoms with van der Waals surface area (Å²) in [6.07, 6.45) is 2.34. The third-order valence-electron chi connectivity index (χ3n) is 4.77. The van der Waals surface area contributed by atoms with E-state index < -0.39 is 11.7 Å². The van der Waals surface area contributed by atoms with Crippen molar-refractivity contribution in [2.45, 2.75) is 26.3 Å². The molecule has 31 heavy (non-hydrogen) atoms. The first kappa shape index (κ1) is 22.2. The lowest BCUT2D eigenvalue weighted by atomic mass is 10.0. The molecule has 3 rings (SSSR count). The highest BCUT2D eigenvalue weighted by Gasteiger charge is 2.19. The van der Waals surface area contributed by atoms with Crippen LogP contribution in [-0.4, -0.2) is 35.6 Å². The minimum absolute atomic E-state index is 0.000910. The summed E-state index contributed by atoms with van der Waals surface area (Å²) in [5.41, 5.74) is 12.5. The number of benzene rings is 1. The van der Waals surface area contributed by atoms with Crippen molar-refractivity contribution in [3.05, 3.63) is 47.9 Å². The number of hydrogen-bond acceptors (Lipinski definition) is 7. The van der Waals surface area contributed by atoms with Gasteiger partial charge in [-0.2, -0.15) is 0 Å². The molecule has 2 heterocycles. The molecule has 1 amide bonds. The highest BCUT2D eigenvalue weighted by atomic mass is 19.1. The van der Waals surface area contributed by atoms with Gasteiger partial charge in [0.05, 0.1) is 30.1 Å². The lowest BCUT2D eigenvalue weighted by molar-refractivity contribution is 0.100. The normalized spacial score (nSPS) is 12.1. The van der Waals surface area contributed by atoms with Crippen molar-refractivity contribution < 1.29 is 13.9 Å². The molecule has 6 N–H and O–H groups in total. The topological polar surface area (TPSA) is 128 Å². The van der Waals surface area contributed by atoms with Crippen LogP contribution in [0.3, 0.4) is 0 Å². The van der Waals surface area contributed by atoms with Crippen LogP contribution >= 0.6 is 0 Å². The van der Waals surface area contributed by atoms with Gasteiger partial charge in [-0.05, 0) is 42.7 Å². The molecule has 0 radical (unpaired) electrons. The number of fused-ring (bicyclic) bond motifs is 1. The molecule has 0 bridgehead atoms. The Bertz CT molecular complexity index is 1090. The van der Waals surface area contributed by atoms with E-state index in [2.05, 4.69) is 34.4 Å². The van der Waals surface area contributed by atoms with E-state index in [9.17, 15) is 9.18 Å². The molecule has 1 atom stereocenters. The van der Waals surface area contributed by atoms with E-state index in [1.165, 1.54) is 0 Å². The number of nitrogens with two attached hydrogens (primary N) is 2. The second-order valence-corrected chi connectivity index (χ2v) is 7.69. The van der Waals surface area contributed by atoms with Crippen LogP contribution < -0.4 is 26.8 Å². The predicted octanol–water partition coefficient (Wildman–Crippen LogP) is 3.41. The number of nitrogens with zero attached hydrogens (tertiary/aromatic N) is 2. The number of methoxy groups -OCH3 is 1. The first-order chi connectivity index (χ1) is 14.8. The maximum atomic E-state index is 14.6. The van der Waals surface area contributed by atoms with Crippen LogP contribution in [-0.2, 0) is 0 Å². The molecule has 2 aromatic heterocycles. The molecule has 0 spiro atoms. The van der Waals surface area contributed by atoms with Crippen molar-refractivity contribution in [3.8, 4) is 5.75 Å². The number of nitrogens with one attached hydrogen (secondary N) is 2. The van der Waals surface area contributed by atoms with Gasteiger partial charge in [-0.3, -0.25) is 9.78 Å². The molecule has 3 aromatic rings. The third kappa shape index (κ3) is 5.37. The molecule has 9 heteroatoms. The Hall–Kier alpha value is -3.46. The number of carbonyl (C=O) groups is 1. The number of pyridine rings is 2. The van der Waals surface area contributed by atoms with Crippen LogP contribution in [0.25, 0.3) is 10.9 Å². The van der Waals surface area contributed by atoms with E-state index in [0.717, 1.165) is 23.4 Å². The summed E-state index contributed by atoms with van der Waals surface area (Å²) in [6, 6.07) is 8.23. The Morgan fingerprint density at radius 1 is 1.23 bits per heavy atom. The van der Waals surface area contributed by atoms with Gasteiger partial charge in [0.15, 0.2) is 11.6 Å². The average Bonchev–Trinajstić information content (AvgIpc) is 2.74. The maximum absolute atomic E-state index is 14.6. The van der Waals surface area contributed by atoms with Crippen LogP contribution in [0.5, 0.6) is 5.75 Å². The van der Waals surface area contributed by atoms with Crippen LogP contribution in [0, 0.1) is 11.7 Å². The fourth-order valence-electron chi connectivity index (χ4n) is 3.29. The van der Waals surface area contributed by atoms with Gasteiger partial charge < -0.3 is 26.8 Å². The van der Waals surface area contributed by atoms with Gasteiger partial charge in [-0.15, -0.1) is 0 Å². The number of anilines is 3. The number of rotatable bonds is 9. The van der Waals surface area contributed by atoms with E-state index in [4.69, 9.17) is 16.2 Å². The molecule has 0 aliphatic rings. The molecule has 0 aliphatic heterocycles. The van der Waals surface area contributed by atoms with Gasteiger partial charge in [0.2, 0.25) is 0 Å². The smallest absolute Gasteiger partial charge is 0.252 e. The Labute approximate surface area is 180 Å². The predicted molar refractivity (Wildman–Crippen MR) is 120 cm³/mol. The molecule has 0 saturated heterocycles. The molecule has 1 aromatic carbocycles. The van der Waals surface area contributed by atoms with Gasteiger partial charge in [-0.1, -0.05) is 13.8 Å². The SMILES string of the molecule is COc1ccc2ncc(Nc3nc(NC(CN)CC(C)C)c(F)cc3C(N)=O)cc2c1. The standard InChI is InChI=1S/C22H27FN6O2/c1-12(2)6-14(10-24)27-22-18(23)9-17(20(25)30)21(29-22)28-15-7-13-8-16(31-3)4-5-19(13)26-11-15/h4-5,7-9,11-12,14H,6,10,24H2,1-3H3,(H2,25,30)(H2,27,28,29). The zero-order valence-electron chi connectivity index (χ0n) is 17.8. The van der Waals surface area contributed by atoms with E-state index >= 15 is 0 Å². The minimum atomic E-state index is -0.798. The van der Waals surface area contributed by atoms with Crippen molar-refractivity contribution in [3.63, 3.8) is 0 Å². The zero-order valence-corrected chi connectivity index (χ0v) is 17.8. The summed E-state index contributed by atoms with van der Waals surface area (Å²) in [5, 5.41) is 6.88. The van der Waals surface area contributed by atoms with Crippen molar-refractivity contribution in [1.29, 1.82) is 0 Å². The number of aromatic nitrogens is 2. The minimum Gasteiger partial charge on any atom is -0.497 e. The van der Waals surface area contributed by atoms with Crippen LogP contribution in [0.2, 0.25) is 0 Å². The van der Waals surface area contributed by atoms with Gasteiger partial charge in [-0.25, -0.2) is 9.37 Å². The molecule has 8 nitrogen and oxygen atoms in total. The summed E-state index contributed by atoms with van der Waals surface area (Å²) in [7, 11) is 1.58. The van der Waals surface area contributed by atoms with Gasteiger partial charge in [0.25, 0.3) is 5.91 Å². The number of hydrogen-bond donors (Lipinski definition) is 4. The van der Waals surface area contributed by atoms with Crippen molar-refractivity contribution in [2.75, 3.05) is 24.3 Å². The third-order valence-corrected chi connectivity index (χ3v) is 4.77. The van der Waals surface area contributed by atoms with Crippen LogP contribution in [0.1, 0.15) is 30.6 Å². The Kier molecular flexibility index (Phi) is 6.86. The number of halogens is 1. The molecule has 1 unspecified atom stereocenters. The van der Waals surface area contributed by atoms with E-state index in [0.29, 0.717) is 23.9 Å². The Balaban J connectivity index is 1.96. The fourth-order valence-corrected chi connectivity index (χ4v) is 3.29. The Morgan fingerprint density at radius 3 is 2.65 bits per heavy atom. The monoisotopic (exact) mass is 426 g/mol.